The van der Waals surface area contributed by atoms with Crippen molar-refractivity contribution in [3.05, 3.63) is 35.9 Å². The Kier molecular flexibility index (Phi) is 11.7. The molecule has 0 saturated heterocycles. The van der Waals surface area contributed by atoms with Gasteiger partial charge in [0.05, 0.1) is 0 Å². The van der Waals surface area contributed by atoms with Crippen LogP contribution in [0.5, 0.6) is 0 Å². The van der Waals surface area contributed by atoms with Crippen LogP contribution >= 0.6 is 0 Å². The highest BCUT2D eigenvalue weighted by Crippen LogP contribution is 2.26. The topological polar surface area (TPSA) is 87.7 Å². The summed E-state index contributed by atoms with van der Waals surface area (Å²) in [6, 6.07) is 8.06. The largest absolute Gasteiger partial charge is 0.444 e. The van der Waals surface area contributed by atoms with E-state index in [2.05, 4.69) is 17.6 Å². The smallest absolute Gasteiger partial charge is 0.408 e. The van der Waals surface area contributed by atoms with Crippen molar-refractivity contribution < 1.29 is 19.1 Å². The molecular weight excluding hydrogens is 454 g/mol. The minimum absolute atomic E-state index is 0.130. The van der Waals surface area contributed by atoms with Crippen LogP contribution in [0.1, 0.15) is 105 Å². The number of amides is 3. The third kappa shape index (κ3) is 9.14. The lowest BCUT2D eigenvalue weighted by Gasteiger charge is -2.37. The predicted octanol–water partition coefficient (Wildman–Crippen LogP) is 5.74. The second kappa shape index (κ2) is 14.2. The van der Waals surface area contributed by atoms with Gasteiger partial charge in [0, 0.05) is 12.6 Å². The first-order valence-electron chi connectivity index (χ1n) is 13.7. The van der Waals surface area contributed by atoms with E-state index in [4.69, 9.17) is 4.74 Å². The van der Waals surface area contributed by atoms with Crippen LogP contribution in [-0.2, 0) is 14.3 Å². The van der Waals surface area contributed by atoms with Crippen LogP contribution in [0.4, 0.5) is 4.79 Å². The maximum atomic E-state index is 14.1. The van der Waals surface area contributed by atoms with Crippen molar-refractivity contribution in [1.82, 2.24) is 15.5 Å². The Balaban J connectivity index is 2.41. The van der Waals surface area contributed by atoms with Crippen LogP contribution in [0, 0.1) is 5.92 Å². The third-order valence-electron chi connectivity index (χ3n) is 6.81. The Hall–Kier alpha value is -2.57. The summed E-state index contributed by atoms with van der Waals surface area (Å²) >= 11 is 0. The molecule has 1 fully saturated rings. The van der Waals surface area contributed by atoms with Gasteiger partial charge in [-0.15, -0.1) is 0 Å². The summed E-state index contributed by atoms with van der Waals surface area (Å²) < 4.78 is 5.47. The van der Waals surface area contributed by atoms with E-state index in [1.165, 1.54) is 6.42 Å². The third-order valence-corrected chi connectivity index (χ3v) is 6.81. The monoisotopic (exact) mass is 501 g/mol. The number of hydrogen-bond acceptors (Lipinski definition) is 4. The van der Waals surface area contributed by atoms with Crippen molar-refractivity contribution in [3.8, 4) is 0 Å². The van der Waals surface area contributed by atoms with Gasteiger partial charge in [0.1, 0.15) is 17.7 Å². The maximum Gasteiger partial charge on any atom is 0.408 e. The number of nitrogens with zero attached hydrogens (tertiary/aromatic N) is 1. The Morgan fingerprint density at radius 2 is 1.69 bits per heavy atom. The summed E-state index contributed by atoms with van der Waals surface area (Å²) in [4.78, 5) is 42.3. The lowest BCUT2D eigenvalue weighted by Crippen LogP contribution is -2.56. The fourth-order valence-corrected chi connectivity index (χ4v) is 4.63. The highest BCUT2D eigenvalue weighted by atomic mass is 16.6. The Labute approximate surface area is 217 Å². The highest BCUT2D eigenvalue weighted by Gasteiger charge is 2.38. The van der Waals surface area contributed by atoms with E-state index in [1.807, 2.05) is 44.2 Å². The van der Waals surface area contributed by atoms with Gasteiger partial charge in [-0.1, -0.05) is 83.2 Å². The molecular formula is C29H47N3O4. The molecule has 1 saturated carbocycles. The second-order valence-electron chi connectivity index (χ2n) is 11.1. The van der Waals surface area contributed by atoms with Gasteiger partial charge in [-0.05, 0) is 51.5 Å². The van der Waals surface area contributed by atoms with Crippen molar-refractivity contribution >= 4 is 17.9 Å². The van der Waals surface area contributed by atoms with Crippen LogP contribution in [0.25, 0.3) is 0 Å². The van der Waals surface area contributed by atoms with E-state index < -0.39 is 23.8 Å². The van der Waals surface area contributed by atoms with Crippen molar-refractivity contribution in [2.45, 2.75) is 117 Å². The molecule has 36 heavy (non-hydrogen) atoms. The molecule has 1 aliphatic carbocycles. The molecule has 3 atom stereocenters. The second-order valence-corrected chi connectivity index (χ2v) is 11.1. The predicted molar refractivity (Wildman–Crippen MR) is 143 cm³/mol. The minimum Gasteiger partial charge on any atom is -0.444 e. The molecule has 0 radical (unpaired) electrons. The van der Waals surface area contributed by atoms with E-state index >= 15 is 0 Å². The van der Waals surface area contributed by atoms with Gasteiger partial charge in [0.2, 0.25) is 11.8 Å². The molecule has 1 aromatic carbocycles. The Morgan fingerprint density at radius 1 is 1.06 bits per heavy atom. The normalized spacial score (nSPS) is 16.9. The zero-order valence-electron chi connectivity index (χ0n) is 23.1. The lowest BCUT2D eigenvalue weighted by atomic mass is 9.93. The van der Waals surface area contributed by atoms with Gasteiger partial charge in [-0.3, -0.25) is 9.59 Å². The Morgan fingerprint density at radius 3 is 2.25 bits per heavy atom. The number of ether oxygens (including phenoxy) is 1. The van der Waals surface area contributed by atoms with Crippen LogP contribution in [0.3, 0.4) is 0 Å². The van der Waals surface area contributed by atoms with E-state index in [0.29, 0.717) is 13.0 Å². The zero-order valence-corrected chi connectivity index (χ0v) is 23.1. The number of hydrogen-bond donors (Lipinski definition) is 2. The first kappa shape index (κ1) is 29.7. The molecule has 0 heterocycles. The van der Waals surface area contributed by atoms with E-state index in [1.54, 1.807) is 25.7 Å². The molecule has 0 bridgehead atoms. The molecule has 202 valence electrons. The summed E-state index contributed by atoms with van der Waals surface area (Å²) in [6.07, 6.45) is 7.04. The van der Waals surface area contributed by atoms with Crippen LogP contribution < -0.4 is 10.6 Å². The molecule has 7 heteroatoms. The van der Waals surface area contributed by atoms with Gasteiger partial charge in [-0.2, -0.15) is 0 Å². The van der Waals surface area contributed by atoms with Crippen molar-refractivity contribution in [2.24, 2.45) is 5.92 Å². The summed E-state index contributed by atoms with van der Waals surface area (Å²) in [5.41, 5.74) is 0.0945. The molecule has 1 aromatic rings. The lowest BCUT2D eigenvalue weighted by molar-refractivity contribution is -0.144. The summed E-state index contributed by atoms with van der Waals surface area (Å²) in [6.45, 7) is 11.8. The number of alkyl carbamates (subject to hydrolysis) is 1. The van der Waals surface area contributed by atoms with Gasteiger partial charge in [0.25, 0.3) is 0 Å². The molecule has 3 amide bonds. The summed E-state index contributed by atoms with van der Waals surface area (Å²) in [7, 11) is 0. The SMILES string of the molecule is CCCCN(C(=O)C(NC(=O)OC(C)(C)C)C(C)CC)C(C(=O)NC1CCCCC1)c1ccccc1. The maximum absolute atomic E-state index is 14.1. The number of unbranched alkanes of at least 4 members (excludes halogenated alkanes) is 1. The highest BCUT2D eigenvalue weighted by molar-refractivity contribution is 5.92. The summed E-state index contributed by atoms with van der Waals surface area (Å²) in [5, 5.41) is 6.06. The molecule has 0 spiro atoms. The standard InChI is InChI=1S/C29H47N3O4/c1-7-9-20-32(27(34)24(21(3)8-2)31-28(35)36-29(4,5)6)25(22-16-12-10-13-17-22)26(33)30-23-18-14-11-15-19-23/h10,12-13,16-17,21,23-25H,7-9,11,14-15,18-20H2,1-6H3,(H,30,33)(H,31,35). The van der Waals surface area contributed by atoms with Crippen LogP contribution in [-0.4, -0.2) is 47.0 Å². The zero-order chi connectivity index (χ0) is 26.7. The van der Waals surface area contributed by atoms with Crippen LogP contribution in [0.2, 0.25) is 0 Å². The fraction of sp³-hybridized carbons (Fsp3) is 0.690. The van der Waals surface area contributed by atoms with E-state index in [0.717, 1.165) is 44.1 Å². The molecule has 2 N–H and O–H groups in total. The van der Waals surface area contributed by atoms with Crippen LogP contribution in [0.15, 0.2) is 30.3 Å². The average molecular weight is 502 g/mol. The molecule has 0 aromatic heterocycles. The summed E-state index contributed by atoms with van der Waals surface area (Å²) in [5.74, 6) is -0.541. The van der Waals surface area contributed by atoms with Gasteiger partial charge in [0.15, 0.2) is 0 Å². The molecule has 1 aliphatic rings. The quantitative estimate of drug-likeness (QED) is 0.404. The van der Waals surface area contributed by atoms with E-state index in [9.17, 15) is 14.4 Å². The molecule has 2 rings (SSSR count). The fourth-order valence-electron chi connectivity index (χ4n) is 4.63. The van der Waals surface area contributed by atoms with E-state index in [-0.39, 0.29) is 23.8 Å². The molecule has 0 aliphatic heterocycles. The van der Waals surface area contributed by atoms with Gasteiger partial charge < -0.3 is 20.3 Å². The average Bonchev–Trinajstić information content (AvgIpc) is 2.84. The molecule has 3 unspecified atom stereocenters. The molecule has 7 nitrogen and oxygen atoms in total. The van der Waals surface area contributed by atoms with Crippen molar-refractivity contribution in [2.75, 3.05) is 6.54 Å². The van der Waals surface area contributed by atoms with Crippen molar-refractivity contribution in [3.63, 3.8) is 0 Å². The van der Waals surface area contributed by atoms with Gasteiger partial charge >= 0.3 is 6.09 Å². The first-order valence-corrected chi connectivity index (χ1v) is 13.7. The Bertz CT molecular complexity index is 831. The number of carbonyl (C=O) groups is 3. The number of nitrogens with one attached hydrogen (secondary N) is 2. The minimum atomic E-state index is -0.796. The number of carbonyl (C=O) groups excluding carboxylic acids is 3. The number of benzene rings is 1. The first-order chi connectivity index (χ1) is 17.1. The number of rotatable bonds is 11. The van der Waals surface area contributed by atoms with Gasteiger partial charge in [-0.25, -0.2) is 4.79 Å². The van der Waals surface area contributed by atoms with Crippen molar-refractivity contribution in [1.29, 1.82) is 0 Å².